The second kappa shape index (κ2) is 11.3. The van der Waals surface area contributed by atoms with Crippen molar-refractivity contribution in [3.05, 3.63) is 77.1 Å². The van der Waals surface area contributed by atoms with Crippen LogP contribution in [0.5, 0.6) is 11.6 Å². The molecule has 0 aliphatic carbocycles. The van der Waals surface area contributed by atoms with Crippen LogP contribution in [0.3, 0.4) is 0 Å². The topological polar surface area (TPSA) is 93.4 Å². The number of nitrogens with zero attached hydrogens (tertiary/aromatic N) is 5. The maximum Gasteiger partial charge on any atom is 0.433 e. The maximum atomic E-state index is 15.5. The van der Waals surface area contributed by atoms with Crippen LogP contribution in [0.4, 0.5) is 22.0 Å². The number of aromatic nitrogens is 4. The molecule has 6 rings (SSSR count). The number of fused-ring (bicyclic) bond motifs is 3. The summed E-state index contributed by atoms with van der Waals surface area (Å²) >= 11 is 6.52. The molecule has 1 fully saturated rings. The molecule has 1 aliphatic heterocycles. The molecule has 2 aromatic carbocycles. The first-order valence-corrected chi connectivity index (χ1v) is 13.8. The fourth-order valence-electron chi connectivity index (χ4n) is 5.56. The van der Waals surface area contributed by atoms with Gasteiger partial charge in [0, 0.05) is 41.3 Å². The molecule has 1 saturated heterocycles. The van der Waals surface area contributed by atoms with Gasteiger partial charge in [-0.25, -0.2) is 18.7 Å². The molecule has 0 saturated carbocycles. The molecule has 0 bridgehead atoms. The Bertz CT molecular complexity index is 1910. The Labute approximate surface area is 251 Å². The normalized spacial score (nSPS) is 17.4. The zero-order valence-corrected chi connectivity index (χ0v) is 23.7. The van der Waals surface area contributed by atoms with Gasteiger partial charge in [-0.1, -0.05) is 17.7 Å². The Kier molecular flexibility index (Phi) is 7.62. The number of carbonyl (C=O) groups excluding carboxylic acids is 1. The van der Waals surface area contributed by atoms with Crippen molar-refractivity contribution in [2.24, 2.45) is 0 Å². The van der Waals surface area contributed by atoms with Crippen molar-refractivity contribution < 1.29 is 36.6 Å². The number of hydrogen-bond donors (Lipinski definition) is 1. The smallest absolute Gasteiger partial charge is 0.433 e. The maximum absolute atomic E-state index is 15.5. The Morgan fingerprint density at radius 3 is 2.61 bits per heavy atom. The van der Waals surface area contributed by atoms with E-state index in [9.17, 15) is 23.1 Å². The van der Waals surface area contributed by atoms with E-state index >= 15 is 8.78 Å². The lowest BCUT2D eigenvalue weighted by Crippen LogP contribution is -2.46. The number of aliphatic hydroxyl groups is 1. The average molecular weight is 632 g/mol. The number of halogens is 6. The zero-order valence-electron chi connectivity index (χ0n) is 22.9. The van der Waals surface area contributed by atoms with Crippen molar-refractivity contribution in [3.63, 3.8) is 0 Å². The summed E-state index contributed by atoms with van der Waals surface area (Å²) in [5.41, 5.74) is 0.566. The van der Waals surface area contributed by atoms with Gasteiger partial charge in [0.2, 0.25) is 11.8 Å². The van der Waals surface area contributed by atoms with Gasteiger partial charge in [-0.3, -0.25) is 9.78 Å². The van der Waals surface area contributed by atoms with Crippen LogP contribution in [0, 0.1) is 12.7 Å². The predicted octanol–water partition coefficient (Wildman–Crippen LogP) is 6.66. The van der Waals surface area contributed by atoms with Crippen molar-refractivity contribution >= 4 is 39.4 Å². The van der Waals surface area contributed by atoms with Gasteiger partial charge < -0.3 is 19.3 Å². The molecule has 3 aromatic heterocycles. The van der Waals surface area contributed by atoms with Gasteiger partial charge >= 0.3 is 6.18 Å². The standard InChI is InChI=1S/C30H23ClF5N5O3/c1-15-38-24-12-37-23-11-21(32)18(10-19(23)29(24)41(15)25-7-8-40(13-22(25)33)28(43)14-42)17-6-5-16(9-20(17)31)44-27-4-2-3-26(39-27)30(34,35)36/h2-6,9-12,22,25,42H,7-8,13-14H2,1H3. The van der Waals surface area contributed by atoms with Gasteiger partial charge in [0.05, 0.1) is 34.8 Å². The molecule has 14 heteroatoms. The number of alkyl halides is 4. The molecule has 8 nitrogen and oxygen atoms in total. The largest absolute Gasteiger partial charge is 0.439 e. The molecule has 0 radical (unpaired) electrons. The summed E-state index contributed by atoms with van der Waals surface area (Å²) in [7, 11) is 0. The van der Waals surface area contributed by atoms with Gasteiger partial charge in [0.15, 0.2) is 0 Å². The molecule has 1 N–H and O–H groups in total. The van der Waals surface area contributed by atoms with Crippen LogP contribution in [0.1, 0.15) is 24.0 Å². The molecule has 1 amide bonds. The average Bonchev–Trinajstić information content (AvgIpc) is 3.32. The van der Waals surface area contributed by atoms with E-state index < -0.39 is 42.4 Å². The third-order valence-corrected chi connectivity index (χ3v) is 7.89. The SMILES string of the molecule is Cc1nc2cnc3cc(F)c(-c4ccc(Oc5cccc(C(F)(F)F)n5)cc4Cl)cc3c2n1C1CCN(C(=O)CO)CC1F. The molecule has 44 heavy (non-hydrogen) atoms. The molecule has 0 spiro atoms. The van der Waals surface area contributed by atoms with Crippen LogP contribution in [0.25, 0.3) is 33.1 Å². The fourth-order valence-corrected chi connectivity index (χ4v) is 5.84. The Morgan fingerprint density at radius 2 is 1.91 bits per heavy atom. The van der Waals surface area contributed by atoms with E-state index in [0.717, 1.165) is 12.1 Å². The molecule has 5 aromatic rings. The second-order valence-electron chi connectivity index (χ2n) is 10.3. The van der Waals surface area contributed by atoms with Crippen LogP contribution >= 0.6 is 11.6 Å². The van der Waals surface area contributed by atoms with Crippen molar-refractivity contribution in [2.45, 2.75) is 31.7 Å². The van der Waals surface area contributed by atoms with E-state index in [0.29, 0.717) is 27.8 Å². The summed E-state index contributed by atoms with van der Waals surface area (Å²) in [6.45, 7) is 1.08. The quantitative estimate of drug-likeness (QED) is 0.218. The number of pyridine rings is 2. The number of ether oxygens (including phenoxy) is 1. The number of amides is 1. The van der Waals surface area contributed by atoms with E-state index in [1.165, 1.54) is 41.4 Å². The highest BCUT2D eigenvalue weighted by molar-refractivity contribution is 6.33. The second-order valence-corrected chi connectivity index (χ2v) is 10.7. The minimum absolute atomic E-state index is 0.0577. The van der Waals surface area contributed by atoms with E-state index in [1.54, 1.807) is 17.6 Å². The van der Waals surface area contributed by atoms with Gasteiger partial charge in [-0.15, -0.1) is 0 Å². The molecular formula is C30H23ClF5N5O3. The number of hydrogen-bond acceptors (Lipinski definition) is 6. The van der Waals surface area contributed by atoms with Crippen LogP contribution in [0.2, 0.25) is 5.02 Å². The van der Waals surface area contributed by atoms with Crippen LogP contribution in [0.15, 0.2) is 54.7 Å². The number of aliphatic hydroxyl groups excluding tert-OH is 1. The van der Waals surface area contributed by atoms with Crippen molar-refractivity contribution in [3.8, 4) is 22.8 Å². The van der Waals surface area contributed by atoms with E-state index in [2.05, 4.69) is 15.0 Å². The van der Waals surface area contributed by atoms with E-state index in [-0.39, 0.29) is 47.3 Å². The zero-order chi connectivity index (χ0) is 31.3. The van der Waals surface area contributed by atoms with Crippen molar-refractivity contribution in [2.75, 3.05) is 19.7 Å². The lowest BCUT2D eigenvalue weighted by molar-refractivity contribution is -0.141. The van der Waals surface area contributed by atoms with Gasteiger partial charge in [-0.2, -0.15) is 13.2 Å². The lowest BCUT2D eigenvalue weighted by atomic mass is 10.00. The molecule has 228 valence electrons. The minimum Gasteiger partial charge on any atom is -0.439 e. The van der Waals surface area contributed by atoms with Crippen LogP contribution in [-0.2, 0) is 11.0 Å². The number of aryl methyl sites for hydroxylation is 1. The molecule has 4 heterocycles. The number of rotatable bonds is 5. The number of likely N-dealkylation sites (tertiary alicyclic amines) is 1. The van der Waals surface area contributed by atoms with Gasteiger partial charge in [0.1, 0.15) is 41.4 Å². The summed E-state index contributed by atoms with van der Waals surface area (Å²) in [6.07, 6.45) is -4.35. The molecular weight excluding hydrogens is 609 g/mol. The third-order valence-electron chi connectivity index (χ3n) is 7.57. The summed E-state index contributed by atoms with van der Waals surface area (Å²) in [6, 6.07) is 9.59. The van der Waals surface area contributed by atoms with Crippen LogP contribution in [-0.4, -0.2) is 61.3 Å². The lowest BCUT2D eigenvalue weighted by Gasteiger charge is -2.35. The first kappa shape index (κ1) is 29.7. The van der Waals surface area contributed by atoms with E-state index in [4.69, 9.17) is 16.3 Å². The van der Waals surface area contributed by atoms with Gasteiger partial charge in [-0.05, 0) is 37.6 Å². The number of carbonyl (C=O) groups is 1. The number of imidazole rings is 1. The fraction of sp³-hybridized carbons (Fsp3) is 0.267. The minimum atomic E-state index is -4.65. The number of piperidine rings is 1. The molecule has 2 unspecified atom stereocenters. The van der Waals surface area contributed by atoms with E-state index in [1.807, 2.05) is 0 Å². The Hall–Kier alpha value is -4.36. The van der Waals surface area contributed by atoms with Crippen LogP contribution < -0.4 is 4.74 Å². The van der Waals surface area contributed by atoms with Crippen molar-refractivity contribution in [1.29, 1.82) is 0 Å². The summed E-state index contributed by atoms with van der Waals surface area (Å²) < 4.78 is 77.3. The summed E-state index contributed by atoms with van der Waals surface area (Å²) in [5, 5.41) is 9.73. The number of benzene rings is 2. The monoisotopic (exact) mass is 631 g/mol. The predicted molar refractivity (Wildman–Crippen MR) is 152 cm³/mol. The summed E-state index contributed by atoms with van der Waals surface area (Å²) in [4.78, 5) is 25.6. The highest BCUT2D eigenvalue weighted by Crippen LogP contribution is 2.39. The first-order chi connectivity index (χ1) is 20.9. The highest BCUT2D eigenvalue weighted by atomic mass is 35.5. The Morgan fingerprint density at radius 1 is 1.11 bits per heavy atom. The van der Waals surface area contributed by atoms with Gasteiger partial charge in [0.25, 0.3) is 0 Å². The Balaban J connectivity index is 1.38. The first-order valence-electron chi connectivity index (χ1n) is 13.5. The molecule has 1 aliphatic rings. The highest BCUT2D eigenvalue weighted by Gasteiger charge is 2.35. The third kappa shape index (κ3) is 5.41. The van der Waals surface area contributed by atoms with Crippen molar-refractivity contribution in [1.82, 2.24) is 24.4 Å². The summed E-state index contributed by atoms with van der Waals surface area (Å²) in [5.74, 6) is -0.883. The molecule has 2 atom stereocenters.